The second-order valence-electron chi connectivity index (χ2n) is 6.49. The molecule has 102 valence electrons. The van der Waals surface area contributed by atoms with Crippen molar-refractivity contribution in [2.75, 3.05) is 0 Å². The van der Waals surface area contributed by atoms with Crippen LogP contribution in [0.15, 0.2) is 0 Å². The van der Waals surface area contributed by atoms with Gasteiger partial charge in [-0.1, -0.05) is 33.6 Å². The fourth-order valence-corrected chi connectivity index (χ4v) is 3.05. The summed E-state index contributed by atoms with van der Waals surface area (Å²) in [6, 6.07) is 0. The lowest BCUT2D eigenvalue weighted by atomic mass is 10.1. The Morgan fingerprint density at radius 2 is 1.76 bits per heavy atom. The average Bonchev–Trinajstić information content (AvgIpc) is 2.14. The van der Waals surface area contributed by atoms with Gasteiger partial charge < -0.3 is 9.22 Å². The Labute approximate surface area is 108 Å². The summed E-state index contributed by atoms with van der Waals surface area (Å²) in [7, 11) is -1.60. The van der Waals surface area contributed by atoms with E-state index in [-0.39, 0.29) is 0 Å². The average molecular weight is 258 g/mol. The number of hydrogen-bond donors (Lipinski definition) is 0. The van der Waals surface area contributed by atoms with Crippen LogP contribution in [0, 0.1) is 0 Å². The van der Waals surface area contributed by atoms with Gasteiger partial charge in [0.05, 0.1) is 0 Å². The van der Waals surface area contributed by atoms with Crippen LogP contribution in [0.5, 0.6) is 0 Å². The molecule has 0 bridgehead atoms. The van der Waals surface area contributed by atoms with Crippen molar-refractivity contribution in [2.24, 2.45) is 0 Å². The highest BCUT2D eigenvalue weighted by Gasteiger charge is 2.38. The molecule has 0 rings (SSSR count). The Kier molecular flexibility index (Phi) is 7.25. The summed E-state index contributed by atoms with van der Waals surface area (Å²) in [5, 5.41) is 0.290. The molecular formula is C14H30O2Si. The molecule has 3 heteroatoms. The summed E-state index contributed by atoms with van der Waals surface area (Å²) in [5.74, 6) is 0. The van der Waals surface area contributed by atoms with Gasteiger partial charge in [0.1, 0.15) is 6.29 Å². The summed E-state index contributed by atoms with van der Waals surface area (Å²) in [6.07, 6.45) is 6.52. The number of unbranched alkanes of at least 4 members (excludes halogenated alkanes) is 3. The molecule has 1 atom stereocenters. The van der Waals surface area contributed by atoms with Gasteiger partial charge in [0, 0.05) is 12.5 Å². The van der Waals surface area contributed by atoms with Crippen LogP contribution in [-0.4, -0.2) is 20.7 Å². The molecule has 0 aromatic rings. The highest BCUT2D eigenvalue weighted by molar-refractivity contribution is 6.74. The molecule has 0 saturated heterocycles. The first-order valence-electron chi connectivity index (χ1n) is 6.82. The van der Waals surface area contributed by atoms with Crippen LogP contribution in [0.3, 0.4) is 0 Å². The van der Waals surface area contributed by atoms with Gasteiger partial charge in [-0.3, -0.25) is 0 Å². The van der Waals surface area contributed by atoms with Crippen molar-refractivity contribution in [3.05, 3.63) is 0 Å². The van der Waals surface area contributed by atoms with Gasteiger partial charge in [-0.05, 0) is 37.9 Å². The van der Waals surface area contributed by atoms with Gasteiger partial charge >= 0.3 is 0 Å². The quantitative estimate of drug-likeness (QED) is 0.363. The molecule has 0 aliphatic carbocycles. The van der Waals surface area contributed by atoms with Gasteiger partial charge in [0.15, 0.2) is 8.32 Å². The predicted octanol–water partition coefficient (Wildman–Crippen LogP) is 4.55. The Morgan fingerprint density at radius 3 is 2.24 bits per heavy atom. The zero-order valence-corrected chi connectivity index (χ0v) is 13.5. The molecule has 0 aliphatic rings. The Bertz CT molecular complexity index is 219. The van der Waals surface area contributed by atoms with Crippen molar-refractivity contribution in [3.63, 3.8) is 0 Å². The van der Waals surface area contributed by atoms with Crippen molar-refractivity contribution in [2.45, 2.75) is 84.0 Å². The fraction of sp³-hybridized carbons (Fsp3) is 0.929. The maximum Gasteiger partial charge on any atom is 0.192 e. The van der Waals surface area contributed by atoms with Crippen LogP contribution >= 0.6 is 0 Å². The highest BCUT2D eigenvalue weighted by atomic mass is 28.4. The number of carbonyl (C=O) groups excluding carboxylic acids is 1. The van der Waals surface area contributed by atoms with Crippen molar-refractivity contribution in [1.82, 2.24) is 0 Å². The first kappa shape index (κ1) is 16.8. The molecule has 0 radical (unpaired) electrons. The molecule has 0 N–H and O–H groups in total. The van der Waals surface area contributed by atoms with Crippen molar-refractivity contribution < 1.29 is 9.22 Å². The molecule has 0 aliphatic heterocycles. The number of rotatable bonds is 8. The third kappa shape index (κ3) is 6.99. The van der Waals surface area contributed by atoms with E-state index in [9.17, 15) is 4.79 Å². The molecule has 2 nitrogen and oxygen atoms in total. The smallest absolute Gasteiger partial charge is 0.192 e. The number of aldehydes is 1. The van der Waals surface area contributed by atoms with E-state index < -0.39 is 8.32 Å². The van der Waals surface area contributed by atoms with E-state index in [1.165, 1.54) is 6.42 Å². The highest BCUT2D eigenvalue weighted by Crippen LogP contribution is 2.37. The molecule has 0 aromatic heterocycles. The van der Waals surface area contributed by atoms with Gasteiger partial charge in [-0.25, -0.2) is 0 Å². The standard InChI is InChI=1S/C14H30O2Si/c1-13(11-9-7-8-10-12-15)16-17(5,6)14(2,3)4/h12-13H,7-11H2,1-6H3. The minimum atomic E-state index is -1.60. The minimum Gasteiger partial charge on any atom is -0.414 e. The fourth-order valence-electron chi connectivity index (χ4n) is 1.57. The third-order valence-corrected chi connectivity index (χ3v) is 8.34. The number of hydrogen-bond acceptors (Lipinski definition) is 2. The van der Waals surface area contributed by atoms with E-state index in [2.05, 4.69) is 40.8 Å². The first-order chi connectivity index (χ1) is 7.70. The van der Waals surface area contributed by atoms with Crippen LogP contribution in [0.25, 0.3) is 0 Å². The first-order valence-corrected chi connectivity index (χ1v) is 9.73. The van der Waals surface area contributed by atoms with Crippen LogP contribution in [-0.2, 0) is 9.22 Å². The summed E-state index contributed by atoms with van der Waals surface area (Å²) >= 11 is 0. The summed E-state index contributed by atoms with van der Waals surface area (Å²) < 4.78 is 6.28. The Balaban J connectivity index is 3.85. The molecule has 0 saturated carbocycles. The van der Waals surface area contributed by atoms with E-state index in [0.717, 1.165) is 25.5 Å². The summed E-state index contributed by atoms with van der Waals surface area (Å²) in [5.41, 5.74) is 0. The molecule has 0 fully saturated rings. The number of carbonyl (C=O) groups is 1. The van der Waals surface area contributed by atoms with Gasteiger partial charge in [0.2, 0.25) is 0 Å². The summed E-state index contributed by atoms with van der Waals surface area (Å²) in [4.78, 5) is 10.2. The minimum absolute atomic E-state index is 0.290. The molecule has 0 spiro atoms. The van der Waals surface area contributed by atoms with Crippen molar-refractivity contribution in [3.8, 4) is 0 Å². The topological polar surface area (TPSA) is 26.3 Å². The molecule has 1 unspecified atom stereocenters. The van der Waals surface area contributed by atoms with Gasteiger partial charge in [-0.2, -0.15) is 0 Å². The van der Waals surface area contributed by atoms with E-state index in [4.69, 9.17) is 4.43 Å². The van der Waals surface area contributed by atoms with E-state index in [1.54, 1.807) is 0 Å². The monoisotopic (exact) mass is 258 g/mol. The SMILES string of the molecule is CC(CCCCCC=O)O[Si](C)(C)C(C)(C)C. The van der Waals surface area contributed by atoms with E-state index in [0.29, 0.717) is 17.6 Å². The lowest BCUT2D eigenvalue weighted by molar-refractivity contribution is -0.107. The molecule has 17 heavy (non-hydrogen) atoms. The second kappa shape index (κ2) is 7.32. The molecule has 0 amide bonds. The normalized spacial score (nSPS) is 14.7. The Hall–Kier alpha value is -0.153. The van der Waals surface area contributed by atoms with Crippen LogP contribution in [0.2, 0.25) is 18.1 Å². The van der Waals surface area contributed by atoms with Crippen molar-refractivity contribution in [1.29, 1.82) is 0 Å². The third-order valence-electron chi connectivity index (χ3n) is 3.73. The lowest BCUT2D eigenvalue weighted by Gasteiger charge is -2.38. The van der Waals surface area contributed by atoms with Gasteiger partial charge in [-0.15, -0.1) is 0 Å². The van der Waals surface area contributed by atoms with Crippen LogP contribution in [0.1, 0.15) is 59.8 Å². The maximum atomic E-state index is 10.2. The lowest BCUT2D eigenvalue weighted by Crippen LogP contribution is -2.43. The largest absolute Gasteiger partial charge is 0.414 e. The van der Waals surface area contributed by atoms with Gasteiger partial charge in [0.25, 0.3) is 0 Å². The van der Waals surface area contributed by atoms with Crippen LogP contribution < -0.4 is 0 Å². The zero-order chi connectivity index (χ0) is 13.5. The molecular weight excluding hydrogens is 228 g/mol. The van der Waals surface area contributed by atoms with Crippen molar-refractivity contribution >= 4 is 14.6 Å². The van der Waals surface area contributed by atoms with Crippen LogP contribution in [0.4, 0.5) is 0 Å². The second-order valence-corrected chi connectivity index (χ2v) is 11.2. The maximum absolute atomic E-state index is 10.2. The zero-order valence-electron chi connectivity index (χ0n) is 12.5. The predicted molar refractivity (Wildman–Crippen MR) is 76.9 cm³/mol. The van der Waals surface area contributed by atoms with E-state index >= 15 is 0 Å². The summed E-state index contributed by atoms with van der Waals surface area (Å²) in [6.45, 7) is 13.6. The Morgan fingerprint density at radius 1 is 1.18 bits per heavy atom. The molecule has 0 heterocycles. The molecule has 0 aromatic carbocycles. The van der Waals surface area contributed by atoms with E-state index in [1.807, 2.05) is 0 Å².